The summed E-state index contributed by atoms with van der Waals surface area (Å²) in [7, 11) is 0. The van der Waals surface area contributed by atoms with E-state index in [1.165, 1.54) is 6.07 Å². The maximum atomic E-state index is 13.7. The predicted octanol–water partition coefficient (Wildman–Crippen LogP) is 1.87. The molecule has 1 aliphatic rings. The molecule has 0 aromatic heterocycles. The number of rotatable bonds is 4. The first-order chi connectivity index (χ1) is 13.9. The fraction of sp³-hybridized carbons (Fsp3) is 0.286. The average Bonchev–Trinajstić information content (AvgIpc) is 2.71. The number of nitrogens with zero attached hydrogens (tertiary/aromatic N) is 2. The smallest absolute Gasteiger partial charge is 0.414 e. The molecule has 1 fully saturated rings. The average molecular weight is 402 g/mol. The van der Waals surface area contributed by atoms with E-state index in [2.05, 4.69) is 4.90 Å². The second kappa shape index (κ2) is 10.9. The van der Waals surface area contributed by atoms with Crippen LogP contribution in [0.4, 0.5) is 4.39 Å². The van der Waals surface area contributed by atoms with Crippen molar-refractivity contribution >= 4 is 17.8 Å². The van der Waals surface area contributed by atoms with Crippen molar-refractivity contribution in [2.75, 3.05) is 26.2 Å². The Balaban J connectivity index is 0.000000438. The van der Waals surface area contributed by atoms with Crippen LogP contribution in [0.15, 0.2) is 54.6 Å². The molecule has 29 heavy (non-hydrogen) atoms. The van der Waals surface area contributed by atoms with Crippen LogP contribution >= 0.6 is 0 Å². The van der Waals surface area contributed by atoms with Crippen LogP contribution in [0.25, 0.3) is 0 Å². The molecule has 8 heteroatoms. The van der Waals surface area contributed by atoms with Gasteiger partial charge in [0, 0.05) is 38.3 Å². The van der Waals surface area contributed by atoms with E-state index in [4.69, 9.17) is 19.8 Å². The summed E-state index contributed by atoms with van der Waals surface area (Å²) in [5.41, 5.74) is 1.77. The Morgan fingerprint density at radius 2 is 1.38 bits per heavy atom. The summed E-state index contributed by atoms with van der Waals surface area (Å²) in [6.07, 6.45) is 0.453. The molecule has 154 valence electrons. The Kier molecular flexibility index (Phi) is 8.29. The summed E-state index contributed by atoms with van der Waals surface area (Å²) in [5.74, 6) is -3.64. The Hall–Kier alpha value is -3.26. The monoisotopic (exact) mass is 402 g/mol. The van der Waals surface area contributed by atoms with Gasteiger partial charge < -0.3 is 15.1 Å². The van der Waals surface area contributed by atoms with Gasteiger partial charge in [-0.15, -0.1) is 0 Å². The van der Waals surface area contributed by atoms with Gasteiger partial charge in [0.25, 0.3) is 0 Å². The largest absolute Gasteiger partial charge is 0.473 e. The normalized spacial score (nSPS) is 13.9. The van der Waals surface area contributed by atoms with Gasteiger partial charge in [-0.25, -0.2) is 14.0 Å². The molecular formula is C21H23FN2O5. The van der Waals surface area contributed by atoms with Gasteiger partial charge in [-0.2, -0.15) is 0 Å². The molecule has 1 amide bonds. The van der Waals surface area contributed by atoms with Gasteiger partial charge in [0.1, 0.15) is 5.82 Å². The molecule has 7 nitrogen and oxygen atoms in total. The number of carbonyl (C=O) groups is 3. The van der Waals surface area contributed by atoms with E-state index in [0.29, 0.717) is 26.1 Å². The first-order valence-corrected chi connectivity index (χ1v) is 9.10. The van der Waals surface area contributed by atoms with Crippen LogP contribution in [0.5, 0.6) is 0 Å². The number of halogens is 1. The van der Waals surface area contributed by atoms with Gasteiger partial charge in [-0.1, -0.05) is 48.5 Å². The summed E-state index contributed by atoms with van der Waals surface area (Å²) < 4.78 is 13.7. The molecule has 1 saturated heterocycles. The van der Waals surface area contributed by atoms with Gasteiger partial charge in [-0.05, 0) is 11.6 Å². The summed E-state index contributed by atoms with van der Waals surface area (Å²) in [6.45, 7) is 3.59. The van der Waals surface area contributed by atoms with Gasteiger partial charge in [-0.3, -0.25) is 9.69 Å². The van der Waals surface area contributed by atoms with Crippen LogP contribution in [0.2, 0.25) is 0 Å². The lowest BCUT2D eigenvalue weighted by atomic mass is 10.1. The van der Waals surface area contributed by atoms with Crippen molar-refractivity contribution in [2.24, 2.45) is 0 Å². The summed E-state index contributed by atoms with van der Waals surface area (Å²) in [6, 6.07) is 16.7. The number of carboxylic acid groups (broad SMARTS) is 2. The Labute approximate surface area is 168 Å². The lowest BCUT2D eigenvalue weighted by molar-refractivity contribution is -0.159. The van der Waals surface area contributed by atoms with Crippen LogP contribution < -0.4 is 0 Å². The van der Waals surface area contributed by atoms with Crippen molar-refractivity contribution in [3.8, 4) is 0 Å². The molecular weight excluding hydrogens is 379 g/mol. The van der Waals surface area contributed by atoms with Crippen molar-refractivity contribution in [2.45, 2.75) is 13.0 Å². The standard InChI is InChI=1S/C19H21FN2O.C2H2O4/c20-18-9-5-4-8-17(18)15-21-10-12-22(13-11-21)19(23)14-16-6-2-1-3-7-16;3-1(4)2(5)6/h1-9H,10-15H2;(H,3,4)(H,5,6). The van der Waals surface area contributed by atoms with Crippen LogP contribution in [0.3, 0.4) is 0 Å². The minimum absolute atomic E-state index is 0.157. The minimum Gasteiger partial charge on any atom is -0.473 e. The number of benzene rings is 2. The highest BCUT2D eigenvalue weighted by molar-refractivity contribution is 6.27. The minimum atomic E-state index is -1.82. The van der Waals surface area contributed by atoms with Crippen LogP contribution in [0.1, 0.15) is 11.1 Å². The highest BCUT2D eigenvalue weighted by atomic mass is 19.1. The number of piperazine rings is 1. The van der Waals surface area contributed by atoms with E-state index < -0.39 is 11.9 Å². The van der Waals surface area contributed by atoms with Crippen LogP contribution in [0, 0.1) is 5.82 Å². The van der Waals surface area contributed by atoms with E-state index >= 15 is 0 Å². The van der Waals surface area contributed by atoms with Gasteiger partial charge in [0.2, 0.25) is 5.91 Å². The summed E-state index contributed by atoms with van der Waals surface area (Å²) in [5, 5.41) is 14.8. The van der Waals surface area contributed by atoms with Gasteiger partial charge >= 0.3 is 11.9 Å². The Morgan fingerprint density at radius 3 is 1.93 bits per heavy atom. The van der Waals surface area contributed by atoms with E-state index in [1.54, 1.807) is 6.07 Å². The first-order valence-electron chi connectivity index (χ1n) is 9.10. The van der Waals surface area contributed by atoms with Crippen molar-refractivity contribution in [1.29, 1.82) is 0 Å². The van der Waals surface area contributed by atoms with E-state index in [-0.39, 0.29) is 11.7 Å². The number of amides is 1. The quantitative estimate of drug-likeness (QED) is 0.758. The molecule has 0 radical (unpaired) electrons. The molecule has 0 atom stereocenters. The summed E-state index contributed by atoms with van der Waals surface area (Å²) >= 11 is 0. The van der Waals surface area contributed by atoms with E-state index in [1.807, 2.05) is 47.4 Å². The molecule has 0 unspecified atom stereocenters. The first kappa shape index (κ1) is 22.0. The second-order valence-electron chi connectivity index (χ2n) is 6.52. The molecule has 0 bridgehead atoms. The Morgan fingerprint density at radius 1 is 0.828 bits per heavy atom. The number of hydrogen-bond acceptors (Lipinski definition) is 4. The number of hydrogen-bond donors (Lipinski definition) is 2. The van der Waals surface area contributed by atoms with Crippen molar-refractivity contribution in [1.82, 2.24) is 9.80 Å². The van der Waals surface area contributed by atoms with Gasteiger partial charge in [0.15, 0.2) is 0 Å². The van der Waals surface area contributed by atoms with E-state index in [0.717, 1.165) is 24.2 Å². The number of carbonyl (C=O) groups excluding carboxylic acids is 1. The Bertz CT molecular complexity index is 824. The zero-order valence-electron chi connectivity index (χ0n) is 15.8. The number of aliphatic carboxylic acids is 2. The maximum absolute atomic E-state index is 13.7. The lowest BCUT2D eigenvalue weighted by Crippen LogP contribution is -2.48. The predicted molar refractivity (Wildman–Crippen MR) is 104 cm³/mol. The molecule has 0 spiro atoms. The molecule has 2 aromatic rings. The fourth-order valence-corrected chi connectivity index (χ4v) is 2.91. The number of carboxylic acids is 2. The lowest BCUT2D eigenvalue weighted by Gasteiger charge is -2.35. The van der Waals surface area contributed by atoms with Crippen molar-refractivity contribution in [3.05, 3.63) is 71.5 Å². The van der Waals surface area contributed by atoms with Crippen molar-refractivity contribution < 1.29 is 29.0 Å². The van der Waals surface area contributed by atoms with Crippen molar-refractivity contribution in [3.63, 3.8) is 0 Å². The topological polar surface area (TPSA) is 98.2 Å². The maximum Gasteiger partial charge on any atom is 0.414 e. The molecule has 0 aliphatic carbocycles. The zero-order chi connectivity index (χ0) is 21.2. The third kappa shape index (κ3) is 7.34. The van der Waals surface area contributed by atoms with Gasteiger partial charge in [0.05, 0.1) is 6.42 Å². The van der Waals surface area contributed by atoms with Crippen LogP contribution in [-0.2, 0) is 27.3 Å². The highest BCUT2D eigenvalue weighted by Gasteiger charge is 2.21. The van der Waals surface area contributed by atoms with E-state index in [9.17, 15) is 9.18 Å². The molecule has 1 aliphatic heterocycles. The fourth-order valence-electron chi connectivity index (χ4n) is 2.91. The third-order valence-electron chi connectivity index (χ3n) is 4.46. The SMILES string of the molecule is O=C(Cc1ccccc1)N1CCN(Cc2ccccc2F)CC1.O=C(O)C(=O)O. The highest BCUT2D eigenvalue weighted by Crippen LogP contribution is 2.13. The molecule has 1 heterocycles. The summed E-state index contributed by atoms with van der Waals surface area (Å²) in [4.78, 5) is 34.6. The third-order valence-corrected chi connectivity index (χ3v) is 4.46. The molecule has 2 N–H and O–H groups in total. The van der Waals surface area contributed by atoms with Crippen LogP contribution in [-0.4, -0.2) is 64.0 Å². The second-order valence-corrected chi connectivity index (χ2v) is 6.52. The molecule has 2 aromatic carbocycles. The molecule has 3 rings (SSSR count). The zero-order valence-corrected chi connectivity index (χ0v) is 15.8. The molecule has 0 saturated carbocycles.